The Morgan fingerprint density at radius 3 is 2.65 bits per heavy atom. The Hall–Kier alpha value is -0.870. The lowest BCUT2D eigenvalue weighted by Crippen LogP contribution is -2.00. The number of rotatable bonds is 4. The van der Waals surface area contributed by atoms with Gasteiger partial charge >= 0.3 is 0 Å². The van der Waals surface area contributed by atoms with E-state index >= 15 is 0 Å². The first kappa shape index (κ1) is 12.6. The van der Waals surface area contributed by atoms with Crippen LogP contribution in [0.5, 0.6) is 0 Å². The zero-order valence-electron chi connectivity index (χ0n) is 9.47. The topological polar surface area (TPSA) is 12.0 Å². The first-order valence-corrected chi connectivity index (χ1v) is 7.07. The van der Waals surface area contributed by atoms with Crippen molar-refractivity contribution in [2.24, 2.45) is 0 Å². The number of thiophene rings is 1. The van der Waals surface area contributed by atoms with Gasteiger partial charge in [0.25, 0.3) is 0 Å². The molecule has 1 N–H and O–H groups in total. The quantitative estimate of drug-likeness (QED) is 0.853. The molecular weight excluding hydrogens is 301 g/mol. The van der Waals surface area contributed by atoms with Crippen LogP contribution in [0.2, 0.25) is 0 Å². The Balaban J connectivity index is 2.07. The molecule has 1 aromatic heterocycles. The van der Waals surface area contributed by atoms with E-state index in [-0.39, 0.29) is 5.82 Å². The van der Waals surface area contributed by atoms with Crippen LogP contribution in [0.1, 0.15) is 16.7 Å². The molecule has 1 heterocycles. The second-order valence-corrected chi connectivity index (χ2v) is 5.78. The summed E-state index contributed by atoms with van der Waals surface area (Å²) in [6, 6.07) is 9.19. The highest BCUT2D eigenvalue weighted by Gasteiger charge is 2.06. The summed E-state index contributed by atoms with van der Waals surface area (Å²) in [4.78, 5) is 2.58. The molecule has 0 amide bonds. The van der Waals surface area contributed by atoms with Crippen LogP contribution < -0.4 is 5.32 Å². The van der Waals surface area contributed by atoms with Crippen molar-refractivity contribution in [3.05, 3.63) is 50.4 Å². The number of aryl methyl sites for hydroxylation is 1. The minimum absolute atomic E-state index is 0.230. The molecule has 0 saturated carbocycles. The van der Waals surface area contributed by atoms with Crippen LogP contribution in [-0.2, 0) is 13.0 Å². The fourth-order valence-electron chi connectivity index (χ4n) is 1.55. The van der Waals surface area contributed by atoms with Crippen molar-refractivity contribution in [3.8, 4) is 0 Å². The second kappa shape index (κ2) is 5.65. The van der Waals surface area contributed by atoms with Gasteiger partial charge in [0.2, 0.25) is 0 Å². The third kappa shape index (κ3) is 3.07. The third-order valence-corrected chi connectivity index (χ3v) is 4.36. The number of hydrogen-bond acceptors (Lipinski definition) is 2. The summed E-state index contributed by atoms with van der Waals surface area (Å²) in [6.07, 6.45) is 1.05. The Kier molecular flexibility index (Phi) is 4.18. The molecule has 4 heteroatoms. The van der Waals surface area contributed by atoms with Gasteiger partial charge in [0.1, 0.15) is 5.82 Å². The molecule has 0 aliphatic rings. The maximum Gasteiger partial charge on any atom is 0.147 e. The number of hydrogen-bond donors (Lipinski definition) is 1. The largest absolute Gasteiger partial charge is 0.377 e. The normalized spacial score (nSPS) is 10.5. The average Bonchev–Trinajstić information content (AvgIpc) is 2.76. The maximum atomic E-state index is 13.5. The fraction of sp³-hybridized carbons (Fsp3) is 0.231. The first-order valence-electron chi connectivity index (χ1n) is 5.46. The summed E-state index contributed by atoms with van der Waals surface area (Å²) in [5.74, 6) is -0.230. The summed E-state index contributed by atoms with van der Waals surface area (Å²) >= 11 is 5.10. The molecule has 0 unspecified atom stereocenters. The molecule has 0 spiro atoms. The van der Waals surface area contributed by atoms with E-state index < -0.39 is 0 Å². The van der Waals surface area contributed by atoms with Crippen LogP contribution in [0, 0.1) is 5.82 Å². The van der Waals surface area contributed by atoms with Crippen molar-refractivity contribution in [2.75, 3.05) is 5.32 Å². The molecule has 0 aliphatic carbocycles. The number of nitrogens with one attached hydrogen (secondary N) is 1. The predicted molar refractivity (Wildman–Crippen MR) is 75.1 cm³/mol. The van der Waals surface area contributed by atoms with E-state index in [4.69, 9.17) is 0 Å². The van der Waals surface area contributed by atoms with E-state index in [1.165, 1.54) is 15.8 Å². The molecule has 0 aliphatic heterocycles. The molecule has 90 valence electrons. The molecule has 2 rings (SSSR count). The van der Waals surface area contributed by atoms with Gasteiger partial charge in [0, 0.05) is 20.8 Å². The highest BCUT2D eigenvalue weighted by molar-refractivity contribution is 9.10. The molecule has 1 nitrogen and oxygen atoms in total. The van der Waals surface area contributed by atoms with Crippen LogP contribution in [-0.4, -0.2) is 0 Å². The molecule has 0 radical (unpaired) electrons. The molecule has 0 saturated heterocycles. The highest BCUT2D eigenvalue weighted by Crippen LogP contribution is 2.26. The summed E-state index contributed by atoms with van der Waals surface area (Å²) < 4.78 is 14.3. The molecule has 0 atom stereocenters. The van der Waals surface area contributed by atoms with Crippen molar-refractivity contribution in [1.82, 2.24) is 0 Å². The predicted octanol–water partition coefficient (Wildman–Crippen LogP) is 4.82. The third-order valence-electron chi connectivity index (χ3n) is 2.47. The van der Waals surface area contributed by atoms with Crippen molar-refractivity contribution in [2.45, 2.75) is 19.9 Å². The lowest BCUT2D eigenvalue weighted by atomic mass is 10.3. The SMILES string of the molecule is CCc1ccc(CNc2c(F)cccc2Br)s1. The van der Waals surface area contributed by atoms with Crippen molar-refractivity contribution in [3.63, 3.8) is 0 Å². The van der Waals surface area contributed by atoms with Gasteiger partial charge in [-0.2, -0.15) is 0 Å². The monoisotopic (exact) mass is 313 g/mol. The molecule has 1 aromatic carbocycles. The fourth-order valence-corrected chi connectivity index (χ4v) is 2.93. The summed E-state index contributed by atoms with van der Waals surface area (Å²) in [5.41, 5.74) is 0.527. The zero-order valence-corrected chi connectivity index (χ0v) is 11.9. The van der Waals surface area contributed by atoms with Gasteiger partial charge in [0.15, 0.2) is 0 Å². The molecule has 2 aromatic rings. The summed E-state index contributed by atoms with van der Waals surface area (Å²) in [6.45, 7) is 2.79. The van der Waals surface area contributed by atoms with E-state index in [9.17, 15) is 4.39 Å². The smallest absolute Gasteiger partial charge is 0.147 e. The second-order valence-electron chi connectivity index (χ2n) is 3.67. The lowest BCUT2D eigenvalue weighted by molar-refractivity contribution is 0.629. The van der Waals surface area contributed by atoms with Gasteiger partial charge in [-0.05, 0) is 46.6 Å². The van der Waals surface area contributed by atoms with Crippen LogP contribution in [0.15, 0.2) is 34.8 Å². The van der Waals surface area contributed by atoms with Crippen LogP contribution >= 0.6 is 27.3 Å². The van der Waals surface area contributed by atoms with E-state index in [1.807, 2.05) is 6.07 Å². The molecule has 0 bridgehead atoms. The average molecular weight is 314 g/mol. The van der Waals surface area contributed by atoms with Gasteiger partial charge in [-0.1, -0.05) is 13.0 Å². The zero-order chi connectivity index (χ0) is 12.3. The number of anilines is 1. The minimum atomic E-state index is -0.230. The van der Waals surface area contributed by atoms with E-state index in [2.05, 4.69) is 40.3 Å². The van der Waals surface area contributed by atoms with Crippen LogP contribution in [0.4, 0.5) is 10.1 Å². The Morgan fingerprint density at radius 1 is 1.24 bits per heavy atom. The molecule has 0 fully saturated rings. The number of para-hydroxylation sites is 1. The number of benzene rings is 1. The van der Waals surface area contributed by atoms with E-state index in [0.29, 0.717) is 12.2 Å². The van der Waals surface area contributed by atoms with E-state index in [1.54, 1.807) is 17.4 Å². The van der Waals surface area contributed by atoms with Gasteiger partial charge in [-0.25, -0.2) is 4.39 Å². The first-order chi connectivity index (χ1) is 8.20. The van der Waals surface area contributed by atoms with Crippen LogP contribution in [0.25, 0.3) is 0 Å². The minimum Gasteiger partial charge on any atom is -0.377 e. The maximum absolute atomic E-state index is 13.5. The summed E-state index contributed by atoms with van der Waals surface area (Å²) in [5, 5.41) is 3.12. The van der Waals surface area contributed by atoms with Gasteiger partial charge < -0.3 is 5.32 Å². The van der Waals surface area contributed by atoms with Crippen LogP contribution in [0.3, 0.4) is 0 Å². The molecular formula is C13H13BrFNS. The van der Waals surface area contributed by atoms with Crippen molar-refractivity contribution < 1.29 is 4.39 Å². The Bertz CT molecular complexity index is 490. The van der Waals surface area contributed by atoms with E-state index in [0.717, 1.165) is 10.9 Å². The Morgan fingerprint density at radius 2 is 2.00 bits per heavy atom. The Labute approximate surface area is 113 Å². The van der Waals surface area contributed by atoms with Crippen molar-refractivity contribution >= 4 is 33.0 Å². The lowest BCUT2D eigenvalue weighted by Gasteiger charge is -2.08. The van der Waals surface area contributed by atoms with Crippen molar-refractivity contribution in [1.29, 1.82) is 0 Å². The standard InChI is InChI=1S/C13H13BrFNS/c1-2-9-6-7-10(17-9)8-16-13-11(14)4-3-5-12(13)15/h3-7,16H,2,8H2,1H3. The molecule has 17 heavy (non-hydrogen) atoms. The number of halogens is 2. The van der Waals surface area contributed by atoms with Gasteiger partial charge in [0.05, 0.1) is 5.69 Å². The van der Waals surface area contributed by atoms with Gasteiger partial charge in [-0.15, -0.1) is 11.3 Å². The summed E-state index contributed by atoms with van der Waals surface area (Å²) in [7, 11) is 0. The highest BCUT2D eigenvalue weighted by atomic mass is 79.9. The van der Waals surface area contributed by atoms with Gasteiger partial charge in [-0.3, -0.25) is 0 Å².